The number of anilines is 3. The van der Waals surface area contributed by atoms with Crippen LogP contribution in [0.1, 0.15) is 0 Å². The van der Waals surface area contributed by atoms with Crippen molar-refractivity contribution < 1.29 is 4.42 Å². The Morgan fingerprint density at radius 3 is 1.86 bits per heavy atom. The summed E-state index contributed by atoms with van der Waals surface area (Å²) in [6.07, 6.45) is 0. The van der Waals surface area contributed by atoms with Gasteiger partial charge in [0.15, 0.2) is 5.58 Å². The van der Waals surface area contributed by atoms with Crippen molar-refractivity contribution in [2.45, 2.75) is 0 Å². The van der Waals surface area contributed by atoms with Crippen molar-refractivity contribution in [1.82, 2.24) is 0 Å². The lowest BCUT2D eigenvalue weighted by molar-refractivity contribution is 0.669. The summed E-state index contributed by atoms with van der Waals surface area (Å²) in [4.78, 5) is 2.33. The molecule has 0 aliphatic carbocycles. The molecule has 0 N–H and O–H groups in total. The molecule has 0 atom stereocenters. The third kappa shape index (κ3) is 4.13. The van der Waals surface area contributed by atoms with E-state index in [-0.39, 0.29) is 0 Å². The number of nitrogens with zero attached hydrogens (tertiary/aromatic N) is 1. The summed E-state index contributed by atoms with van der Waals surface area (Å²) in [5, 5.41) is 4.71. The molecular weight excluding hydrogens is 510 g/mol. The predicted octanol–water partition coefficient (Wildman–Crippen LogP) is 11.5. The minimum Gasteiger partial charge on any atom is -0.454 e. The van der Waals surface area contributed by atoms with Gasteiger partial charge in [0.2, 0.25) is 0 Å². The van der Waals surface area contributed by atoms with Crippen LogP contribution in [0, 0.1) is 0 Å². The van der Waals surface area contributed by atoms with Crippen LogP contribution in [0.4, 0.5) is 17.1 Å². The summed E-state index contributed by atoms with van der Waals surface area (Å²) >= 11 is 0. The van der Waals surface area contributed by atoms with Crippen LogP contribution >= 0.6 is 0 Å². The van der Waals surface area contributed by atoms with Crippen molar-refractivity contribution in [2.24, 2.45) is 0 Å². The smallest absolute Gasteiger partial charge is 0.159 e. The molecule has 0 bridgehead atoms. The first-order valence-corrected chi connectivity index (χ1v) is 14.3. The number of benzene rings is 7. The zero-order chi connectivity index (χ0) is 27.9. The second kappa shape index (κ2) is 10.1. The van der Waals surface area contributed by atoms with Crippen LogP contribution < -0.4 is 4.90 Å². The Bertz CT molecular complexity index is 2200. The van der Waals surface area contributed by atoms with Crippen molar-refractivity contribution in [3.05, 3.63) is 164 Å². The molecule has 2 heteroatoms. The molecule has 0 aliphatic heterocycles. The van der Waals surface area contributed by atoms with E-state index in [0.717, 1.165) is 39.0 Å². The van der Waals surface area contributed by atoms with E-state index in [2.05, 4.69) is 157 Å². The van der Waals surface area contributed by atoms with Gasteiger partial charge in [0.05, 0.1) is 5.69 Å². The highest BCUT2D eigenvalue weighted by Crippen LogP contribution is 2.44. The highest BCUT2D eigenvalue weighted by atomic mass is 16.3. The van der Waals surface area contributed by atoms with Gasteiger partial charge in [0, 0.05) is 22.1 Å². The summed E-state index contributed by atoms with van der Waals surface area (Å²) in [5.74, 6) is 0. The summed E-state index contributed by atoms with van der Waals surface area (Å²) in [5.41, 5.74) is 9.65. The molecule has 2 nitrogen and oxygen atoms in total. The largest absolute Gasteiger partial charge is 0.454 e. The third-order valence-electron chi connectivity index (χ3n) is 8.04. The maximum absolute atomic E-state index is 6.55. The van der Waals surface area contributed by atoms with Gasteiger partial charge in [-0.15, -0.1) is 0 Å². The Hall–Kier alpha value is -5.60. The van der Waals surface area contributed by atoms with Gasteiger partial charge in [-0.2, -0.15) is 0 Å². The molecule has 0 saturated heterocycles. The maximum Gasteiger partial charge on any atom is 0.159 e. The van der Waals surface area contributed by atoms with Gasteiger partial charge in [-0.3, -0.25) is 0 Å². The van der Waals surface area contributed by atoms with E-state index in [1.807, 2.05) is 12.1 Å². The van der Waals surface area contributed by atoms with E-state index in [4.69, 9.17) is 4.42 Å². The van der Waals surface area contributed by atoms with Crippen LogP contribution in [0.25, 0.3) is 55.0 Å². The van der Waals surface area contributed by atoms with Crippen LogP contribution in [0.2, 0.25) is 0 Å². The maximum atomic E-state index is 6.55. The van der Waals surface area contributed by atoms with Gasteiger partial charge in [-0.05, 0) is 69.4 Å². The topological polar surface area (TPSA) is 16.4 Å². The van der Waals surface area contributed by atoms with Crippen molar-refractivity contribution in [3.63, 3.8) is 0 Å². The van der Waals surface area contributed by atoms with Crippen LogP contribution in [0.3, 0.4) is 0 Å². The molecule has 7 aromatic carbocycles. The fraction of sp³-hybridized carbons (Fsp3) is 0. The lowest BCUT2D eigenvalue weighted by Crippen LogP contribution is -2.10. The van der Waals surface area contributed by atoms with E-state index < -0.39 is 0 Å². The van der Waals surface area contributed by atoms with Gasteiger partial charge < -0.3 is 9.32 Å². The fourth-order valence-electron chi connectivity index (χ4n) is 6.08. The van der Waals surface area contributed by atoms with E-state index in [1.165, 1.54) is 33.0 Å². The molecule has 8 aromatic rings. The lowest BCUT2D eigenvalue weighted by atomic mass is 9.97. The van der Waals surface area contributed by atoms with E-state index >= 15 is 0 Å². The summed E-state index contributed by atoms with van der Waals surface area (Å²) in [6, 6.07) is 57.9. The summed E-state index contributed by atoms with van der Waals surface area (Å²) in [7, 11) is 0. The van der Waals surface area contributed by atoms with E-state index in [1.54, 1.807) is 0 Å². The number of para-hydroxylation sites is 2. The van der Waals surface area contributed by atoms with Gasteiger partial charge in [-0.25, -0.2) is 0 Å². The molecule has 0 radical (unpaired) electrons. The van der Waals surface area contributed by atoms with E-state index in [9.17, 15) is 0 Å². The zero-order valence-electron chi connectivity index (χ0n) is 22.9. The van der Waals surface area contributed by atoms with Crippen LogP contribution in [0.15, 0.2) is 168 Å². The molecule has 1 aromatic heterocycles. The molecular formula is C40H27NO. The average molecular weight is 538 g/mol. The van der Waals surface area contributed by atoms with Crippen LogP contribution in [0.5, 0.6) is 0 Å². The Morgan fingerprint density at radius 2 is 1.00 bits per heavy atom. The Labute approximate surface area is 244 Å². The molecule has 0 unspecified atom stereocenters. The standard InChI is InChI=1S/C40H27NO/c1-2-12-28(13-3-1)30-16-8-18-32(26-30)41(38-24-11-23-37-36-21-6-7-25-39(36)42-40(37)38)33-19-9-17-31(27-33)35-22-10-15-29-14-4-5-20-34(29)35/h1-27H. The second-order valence-electron chi connectivity index (χ2n) is 10.6. The molecule has 0 saturated carbocycles. The number of hydrogen-bond donors (Lipinski definition) is 0. The summed E-state index contributed by atoms with van der Waals surface area (Å²) < 4.78 is 6.55. The summed E-state index contributed by atoms with van der Waals surface area (Å²) in [6.45, 7) is 0. The van der Waals surface area contributed by atoms with Crippen LogP contribution in [-0.2, 0) is 0 Å². The predicted molar refractivity (Wildman–Crippen MR) is 177 cm³/mol. The Kier molecular flexibility index (Phi) is 5.82. The lowest BCUT2D eigenvalue weighted by Gasteiger charge is -2.26. The monoisotopic (exact) mass is 537 g/mol. The quantitative estimate of drug-likeness (QED) is 0.217. The highest BCUT2D eigenvalue weighted by Gasteiger charge is 2.20. The number of furan rings is 1. The average Bonchev–Trinajstić information content (AvgIpc) is 3.45. The fourth-order valence-corrected chi connectivity index (χ4v) is 6.08. The number of fused-ring (bicyclic) bond motifs is 4. The van der Waals surface area contributed by atoms with Gasteiger partial charge in [0.1, 0.15) is 5.58 Å². The minimum absolute atomic E-state index is 0.874. The third-order valence-corrected chi connectivity index (χ3v) is 8.04. The molecule has 1 heterocycles. The van der Waals surface area contributed by atoms with Crippen molar-refractivity contribution in [3.8, 4) is 22.3 Å². The van der Waals surface area contributed by atoms with Crippen molar-refractivity contribution in [2.75, 3.05) is 4.90 Å². The first-order chi connectivity index (χ1) is 20.8. The Balaban J connectivity index is 1.37. The van der Waals surface area contributed by atoms with Gasteiger partial charge in [-0.1, -0.05) is 127 Å². The van der Waals surface area contributed by atoms with E-state index in [0.29, 0.717) is 0 Å². The number of hydrogen-bond acceptors (Lipinski definition) is 2. The molecule has 0 fully saturated rings. The minimum atomic E-state index is 0.874. The van der Waals surface area contributed by atoms with Gasteiger partial charge in [0.25, 0.3) is 0 Å². The van der Waals surface area contributed by atoms with Crippen molar-refractivity contribution in [1.29, 1.82) is 0 Å². The number of rotatable bonds is 5. The molecule has 42 heavy (non-hydrogen) atoms. The zero-order valence-corrected chi connectivity index (χ0v) is 22.9. The Morgan fingerprint density at radius 1 is 0.405 bits per heavy atom. The first kappa shape index (κ1) is 24.2. The molecule has 0 aliphatic rings. The SMILES string of the molecule is c1ccc(-c2cccc(N(c3cccc(-c4cccc5ccccc45)c3)c3cccc4c3oc3ccccc34)c2)cc1. The molecule has 0 spiro atoms. The molecule has 198 valence electrons. The molecule has 8 rings (SSSR count). The second-order valence-corrected chi connectivity index (χ2v) is 10.6. The van der Waals surface area contributed by atoms with Crippen LogP contribution in [-0.4, -0.2) is 0 Å². The first-order valence-electron chi connectivity index (χ1n) is 14.3. The van der Waals surface area contributed by atoms with Crippen molar-refractivity contribution >= 4 is 49.8 Å². The highest BCUT2D eigenvalue weighted by molar-refractivity contribution is 6.10. The normalized spacial score (nSPS) is 11.3. The van der Waals surface area contributed by atoms with Gasteiger partial charge >= 0.3 is 0 Å². The molecule has 0 amide bonds.